The van der Waals surface area contributed by atoms with Gasteiger partial charge in [0, 0.05) is 0 Å². The van der Waals surface area contributed by atoms with Crippen LogP contribution in [0, 0.1) is 87.7 Å². The van der Waals surface area contributed by atoms with Crippen molar-refractivity contribution in [1.29, 1.82) is 0 Å². The van der Waals surface area contributed by atoms with E-state index in [1.807, 2.05) is 0 Å². The molecule has 0 aliphatic heterocycles. The molecule has 0 fully saturated rings. The average Bonchev–Trinajstić information content (AvgIpc) is 1.54. The van der Waals surface area contributed by atoms with E-state index in [0.29, 0.717) is 0 Å². The molecule has 1 radical (unpaired) electrons. The Labute approximate surface area is 152 Å². The molecule has 145 valence electrons. The first-order valence-corrected chi connectivity index (χ1v) is 1.64. The zero-order chi connectivity index (χ0) is 10.7. The Hall–Kier alpha value is -1.38. The summed E-state index contributed by atoms with van der Waals surface area (Å²) in [5, 5.41) is 44.2. The van der Waals surface area contributed by atoms with E-state index >= 15 is 0 Å². The first kappa shape index (κ1) is 137. The first-order valence-electron chi connectivity index (χ1n) is 1.64. The predicted octanol–water partition coefficient (Wildman–Crippen LogP) is -8.14. The molecule has 22 heavy (non-hydrogen) atoms. The molecule has 0 aromatic heterocycles. The molecule has 0 bridgehead atoms. The van der Waals surface area contributed by atoms with E-state index in [4.69, 9.17) is 46.0 Å². The van der Waals surface area contributed by atoms with Gasteiger partial charge in [-0.15, -0.1) is 0 Å². The molecule has 22 heteroatoms. The summed E-state index contributed by atoms with van der Waals surface area (Å²) in [6, 6.07) is 0. The summed E-state index contributed by atoms with van der Waals surface area (Å²) in [4.78, 5) is 24.8. The van der Waals surface area contributed by atoms with Crippen LogP contribution < -0.4 is 0 Å². The van der Waals surface area contributed by atoms with Gasteiger partial charge in [0.2, 0.25) is 0 Å². The minimum atomic E-state index is -1.75. The van der Waals surface area contributed by atoms with Crippen LogP contribution in [0.25, 0.3) is 0 Å². The Kier molecular flexibility index (Phi) is 728. The van der Waals surface area contributed by atoms with Crippen molar-refractivity contribution in [2.75, 3.05) is 0 Å². The molecule has 18 N–H and O–H groups in total. The average molecular weight is 488 g/mol. The molecule has 0 atom stereocenters. The minimum absolute atomic E-state index is 0. The second-order valence-corrected chi connectivity index (χ2v) is 0.671. The van der Waals surface area contributed by atoms with Gasteiger partial charge in [0.25, 0.3) is 0 Å². The van der Waals surface area contributed by atoms with Crippen molar-refractivity contribution in [2.45, 2.75) is 0 Å². The molecule has 0 aromatic rings. The third kappa shape index (κ3) is 3020. The quantitative estimate of drug-likeness (QED) is 0.230. The molecule has 0 unspecified atom stereocenters. The molecule has 0 amide bonds. The molecule has 21 nitrogen and oxygen atoms in total. The number of nitrogens with zero attached hydrogens (tertiary/aromatic N) is 3. The Bertz CT molecular complexity index is 116. The van der Waals surface area contributed by atoms with Gasteiger partial charge in [-0.3, -0.25) is 0 Å². The molecule has 0 saturated carbocycles. The number of rotatable bonds is 0. The van der Waals surface area contributed by atoms with Crippen LogP contribution in [0.2, 0.25) is 0 Å². The van der Waals surface area contributed by atoms with Crippen molar-refractivity contribution >= 4 is 0 Å². The maximum Gasteiger partial charge on any atom is 3.00 e. The van der Waals surface area contributed by atoms with E-state index in [0.717, 1.165) is 0 Å². The summed E-state index contributed by atoms with van der Waals surface area (Å²) < 4.78 is 0. The van der Waals surface area contributed by atoms with Crippen LogP contribution in [0.1, 0.15) is 0 Å². The van der Waals surface area contributed by atoms with Crippen molar-refractivity contribution in [2.24, 2.45) is 0 Å². The van der Waals surface area contributed by atoms with Gasteiger partial charge in [-0.25, -0.2) is 0 Å². The second-order valence-electron chi connectivity index (χ2n) is 0.671. The van der Waals surface area contributed by atoms with Crippen LogP contribution in [0.4, 0.5) is 0 Å². The van der Waals surface area contributed by atoms with Gasteiger partial charge in [0.1, 0.15) is 0 Å². The largest absolute Gasteiger partial charge is 3.00 e. The van der Waals surface area contributed by atoms with E-state index < -0.39 is 15.3 Å². The molecule has 0 aromatic carbocycles. The van der Waals surface area contributed by atoms with Crippen LogP contribution in [0.3, 0.4) is 0 Å². The van der Waals surface area contributed by atoms with Gasteiger partial charge in [0.05, 0.1) is 15.3 Å². The molecule has 0 rings (SSSR count). The second kappa shape index (κ2) is 117. The molecule has 0 aliphatic carbocycles. The number of hydrogen-bond acceptors (Lipinski definition) is 9. The van der Waals surface area contributed by atoms with Crippen molar-refractivity contribution < 1.29 is 106 Å². The summed E-state index contributed by atoms with van der Waals surface area (Å²) >= 11 is 0. The van der Waals surface area contributed by atoms with Gasteiger partial charge in [-0.05, 0) is 0 Å². The van der Waals surface area contributed by atoms with Gasteiger partial charge in [0.15, 0.2) is 0 Å². The van der Waals surface area contributed by atoms with Crippen LogP contribution in [0.15, 0.2) is 0 Å². The van der Waals surface area contributed by atoms with E-state index in [1.54, 1.807) is 0 Å². The third-order valence-electron chi connectivity index (χ3n) is 0. The molecular formula is H18CeN3O18. The fourth-order valence-electron chi connectivity index (χ4n) is 0. The Balaban J connectivity index is -0.00000000409. The van der Waals surface area contributed by atoms with Gasteiger partial charge < -0.3 is 95.3 Å². The monoisotopic (exact) mass is 488 g/mol. The van der Waals surface area contributed by atoms with Gasteiger partial charge in [-0.2, -0.15) is 0 Å². The molecular weight excluding hydrogens is 470 g/mol. The summed E-state index contributed by atoms with van der Waals surface area (Å²) in [7, 11) is 0. The van der Waals surface area contributed by atoms with Crippen LogP contribution in [-0.2, 0) is 0 Å². The maximum absolute atomic E-state index is 8.25. The van der Waals surface area contributed by atoms with E-state index in [2.05, 4.69) is 0 Å². The van der Waals surface area contributed by atoms with Crippen molar-refractivity contribution in [1.82, 2.24) is 0 Å². The normalized spacial score (nSPS) is 3.27. The van der Waals surface area contributed by atoms with Crippen molar-refractivity contribution in [3.8, 4) is 0 Å². The van der Waals surface area contributed by atoms with Gasteiger partial charge in [-0.1, -0.05) is 0 Å². The zero-order valence-corrected chi connectivity index (χ0v) is 13.2. The molecule has 0 heterocycles. The maximum atomic E-state index is 8.25. The van der Waals surface area contributed by atoms with Crippen molar-refractivity contribution in [3.63, 3.8) is 0 Å². The van der Waals surface area contributed by atoms with Crippen molar-refractivity contribution in [3.05, 3.63) is 46.0 Å². The van der Waals surface area contributed by atoms with E-state index in [1.165, 1.54) is 0 Å². The Morgan fingerprint density at radius 1 is 0.364 bits per heavy atom. The molecule has 0 saturated heterocycles. The fourth-order valence-corrected chi connectivity index (χ4v) is 0. The summed E-state index contributed by atoms with van der Waals surface area (Å²) in [6.07, 6.45) is 0. The van der Waals surface area contributed by atoms with Crippen LogP contribution in [-0.4, -0.2) is 64.5 Å². The van der Waals surface area contributed by atoms with Crippen LogP contribution >= 0.6 is 0 Å². The zero-order valence-electron chi connectivity index (χ0n) is 10.0. The fraction of sp³-hybridized carbons (Fsp3) is 0. The summed E-state index contributed by atoms with van der Waals surface area (Å²) in [5.41, 5.74) is 0. The van der Waals surface area contributed by atoms with E-state index in [-0.39, 0.29) is 91.0 Å². The van der Waals surface area contributed by atoms with Crippen LogP contribution in [0.5, 0.6) is 0 Å². The molecule has 0 aliphatic rings. The Morgan fingerprint density at radius 3 is 0.364 bits per heavy atom. The van der Waals surface area contributed by atoms with E-state index in [9.17, 15) is 0 Å². The molecule has 0 spiro atoms. The standard InChI is InChI=1S/Ce.3NO3.9H2O/c;3*2-1(3)4;;;;;;;;;/h;;;;9*1H2/q+3;3*-1;;;;;;;;;. The predicted molar refractivity (Wildman–Crippen MR) is 63.6 cm³/mol. The SMILES string of the molecule is O.O.O.O.O.O.O.O.O.O=[N+]([O-])[O-].O=[N+]([O-])[O-].O=[N+]([O-])[O-].[Ce+3]. The van der Waals surface area contributed by atoms with Gasteiger partial charge >= 0.3 is 41.7 Å². The topological polar surface area (TPSA) is 482 Å². The smallest absolute Gasteiger partial charge is 0.412 e. The summed E-state index contributed by atoms with van der Waals surface area (Å²) in [5.74, 6) is 0. The third-order valence-corrected chi connectivity index (χ3v) is 0. The Morgan fingerprint density at radius 2 is 0.364 bits per heavy atom. The minimum Gasteiger partial charge on any atom is -0.412 e. The number of hydrogen-bond donors (Lipinski definition) is 0. The summed E-state index contributed by atoms with van der Waals surface area (Å²) in [6.45, 7) is 0. The first-order chi connectivity index (χ1) is 5.20.